The predicted octanol–water partition coefficient (Wildman–Crippen LogP) is 2.21. The molecule has 27 heavy (non-hydrogen) atoms. The molecular formula is C19H29N5O3. The Bertz CT molecular complexity index is 638. The van der Waals surface area contributed by atoms with Crippen LogP contribution in [0, 0.1) is 0 Å². The van der Waals surface area contributed by atoms with Crippen molar-refractivity contribution < 1.29 is 14.3 Å². The van der Waals surface area contributed by atoms with E-state index in [0.717, 1.165) is 12.8 Å². The van der Waals surface area contributed by atoms with Crippen LogP contribution in [-0.2, 0) is 4.74 Å². The molecule has 2 heterocycles. The molecule has 1 aliphatic heterocycles. The molecule has 0 unspecified atom stereocenters. The lowest BCUT2D eigenvalue weighted by molar-refractivity contribution is 0.0928. The van der Waals surface area contributed by atoms with Crippen molar-refractivity contribution >= 4 is 17.9 Å². The van der Waals surface area contributed by atoms with Gasteiger partial charge in [-0.3, -0.25) is 4.79 Å². The summed E-state index contributed by atoms with van der Waals surface area (Å²) < 4.78 is 5.04. The van der Waals surface area contributed by atoms with E-state index in [2.05, 4.69) is 15.3 Å². The number of piperazine rings is 1. The Labute approximate surface area is 160 Å². The molecular weight excluding hydrogens is 346 g/mol. The van der Waals surface area contributed by atoms with E-state index < -0.39 is 0 Å². The first kappa shape index (κ1) is 19.4. The number of carbonyl (C=O) groups is 2. The maximum atomic E-state index is 12.6. The summed E-state index contributed by atoms with van der Waals surface area (Å²) >= 11 is 0. The number of aromatic nitrogens is 2. The third-order valence-electron chi connectivity index (χ3n) is 5.15. The smallest absolute Gasteiger partial charge is 0.409 e. The fraction of sp³-hybridized carbons (Fsp3) is 0.684. The van der Waals surface area contributed by atoms with Crippen LogP contribution < -0.4 is 10.2 Å². The average molecular weight is 375 g/mol. The molecule has 3 rings (SSSR count). The number of hydrogen-bond donors (Lipinski definition) is 1. The summed E-state index contributed by atoms with van der Waals surface area (Å²) in [5.74, 6) is 0.405. The molecule has 0 atom stereocenters. The van der Waals surface area contributed by atoms with Crippen LogP contribution in [0.3, 0.4) is 0 Å². The normalized spacial score (nSPS) is 18.7. The number of hydrogen-bond acceptors (Lipinski definition) is 6. The molecule has 2 aliphatic rings. The topological polar surface area (TPSA) is 87.7 Å². The van der Waals surface area contributed by atoms with Gasteiger partial charge in [-0.25, -0.2) is 14.8 Å². The van der Waals surface area contributed by atoms with Gasteiger partial charge in [0.25, 0.3) is 5.91 Å². The zero-order valence-corrected chi connectivity index (χ0v) is 16.0. The molecule has 1 N–H and O–H groups in total. The molecule has 0 aromatic carbocycles. The zero-order chi connectivity index (χ0) is 19.1. The Balaban J connectivity index is 1.57. The fourth-order valence-electron chi connectivity index (χ4n) is 3.61. The van der Waals surface area contributed by atoms with Crippen molar-refractivity contribution in [3.8, 4) is 0 Å². The molecule has 8 nitrogen and oxygen atoms in total. The van der Waals surface area contributed by atoms with Crippen LogP contribution >= 0.6 is 0 Å². The van der Waals surface area contributed by atoms with Gasteiger partial charge in [-0.05, 0) is 25.8 Å². The van der Waals surface area contributed by atoms with Gasteiger partial charge in [0.1, 0.15) is 5.69 Å². The zero-order valence-electron chi connectivity index (χ0n) is 16.0. The van der Waals surface area contributed by atoms with Crippen molar-refractivity contribution in [3.05, 3.63) is 18.0 Å². The summed E-state index contributed by atoms with van der Waals surface area (Å²) in [4.78, 5) is 36.8. The van der Waals surface area contributed by atoms with E-state index in [-0.39, 0.29) is 18.0 Å². The SMILES string of the molecule is CCOC(=O)N1CCN(c2nccc(C(=O)NC3CCCCCC3)n2)CC1. The quantitative estimate of drug-likeness (QED) is 0.812. The lowest BCUT2D eigenvalue weighted by Gasteiger charge is -2.34. The molecule has 0 radical (unpaired) electrons. The summed E-state index contributed by atoms with van der Waals surface area (Å²) in [5, 5.41) is 3.12. The molecule has 2 fully saturated rings. The Morgan fingerprint density at radius 2 is 1.85 bits per heavy atom. The number of anilines is 1. The lowest BCUT2D eigenvalue weighted by Crippen LogP contribution is -2.49. The minimum atomic E-state index is -0.283. The standard InChI is InChI=1S/C19H29N5O3/c1-2-27-19(26)24-13-11-23(12-14-24)18-20-10-9-16(22-18)17(25)21-15-7-5-3-4-6-8-15/h9-10,15H,2-8,11-14H2,1H3,(H,21,25). The van der Waals surface area contributed by atoms with E-state index in [1.54, 1.807) is 24.1 Å². The Kier molecular flexibility index (Phi) is 6.84. The molecule has 0 spiro atoms. The second-order valence-electron chi connectivity index (χ2n) is 7.08. The van der Waals surface area contributed by atoms with Crippen molar-refractivity contribution in [1.82, 2.24) is 20.2 Å². The highest BCUT2D eigenvalue weighted by atomic mass is 16.6. The van der Waals surface area contributed by atoms with Crippen molar-refractivity contribution in [3.63, 3.8) is 0 Å². The number of ether oxygens (including phenoxy) is 1. The van der Waals surface area contributed by atoms with Gasteiger partial charge in [0.05, 0.1) is 6.61 Å². The molecule has 2 amide bonds. The van der Waals surface area contributed by atoms with Crippen molar-refractivity contribution in [2.45, 2.75) is 51.5 Å². The van der Waals surface area contributed by atoms with Crippen LogP contribution in [-0.4, -0.2) is 65.7 Å². The highest BCUT2D eigenvalue weighted by Crippen LogP contribution is 2.18. The van der Waals surface area contributed by atoms with Crippen LogP contribution in [0.2, 0.25) is 0 Å². The van der Waals surface area contributed by atoms with Crippen molar-refractivity contribution in [2.75, 3.05) is 37.7 Å². The van der Waals surface area contributed by atoms with E-state index in [9.17, 15) is 9.59 Å². The van der Waals surface area contributed by atoms with Gasteiger partial charge in [-0.15, -0.1) is 0 Å². The van der Waals surface area contributed by atoms with E-state index in [0.29, 0.717) is 44.4 Å². The summed E-state index contributed by atoms with van der Waals surface area (Å²) in [6.07, 6.45) is 8.27. The summed E-state index contributed by atoms with van der Waals surface area (Å²) in [6, 6.07) is 1.90. The molecule has 1 aromatic heterocycles. The van der Waals surface area contributed by atoms with Crippen molar-refractivity contribution in [1.29, 1.82) is 0 Å². The van der Waals surface area contributed by atoms with Gasteiger partial charge >= 0.3 is 6.09 Å². The highest BCUT2D eigenvalue weighted by Gasteiger charge is 2.24. The van der Waals surface area contributed by atoms with Gasteiger partial charge in [-0.2, -0.15) is 0 Å². The Hall–Kier alpha value is -2.38. The third kappa shape index (κ3) is 5.30. The summed E-state index contributed by atoms with van der Waals surface area (Å²) in [6.45, 7) is 4.52. The minimum Gasteiger partial charge on any atom is -0.450 e. The number of rotatable bonds is 4. The molecule has 0 bridgehead atoms. The maximum absolute atomic E-state index is 12.6. The van der Waals surface area contributed by atoms with Crippen molar-refractivity contribution in [2.24, 2.45) is 0 Å². The average Bonchev–Trinajstić information content (AvgIpc) is 2.97. The van der Waals surface area contributed by atoms with E-state index in [1.807, 2.05) is 4.90 Å². The predicted molar refractivity (Wildman–Crippen MR) is 102 cm³/mol. The Morgan fingerprint density at radius 3 is 2.52 bits per heavy atom. The number of amides is 2. The molecule has 1 aromatic rings. The number of nitrogens with one attached hydrogen (secondary N) is 1. The first-order valence-electron chi connectivity index (χ1n) is 9.98. The Morgan fingerprint density at radius 1 is 1.15 bits per heavy atom. The molecule has 1 aliphatic carbocycles. The second kappa shape index (κ2) is 9.53. The van der Waals surface area contributed by atoms with E-state index >= 15 is 0 Å². The van der Waals surface area contributed by atoms with Crippen LogP contribution in [0.5, 0.6) is 0 Å². The summed E-state index contributed by atoms with van der Waals surface area (Å²) in [7, 11) is 0. The first-order chi connectivity index (χ1) is 13.2. The van der Waals surface area contributed by atoms with Gasteiger partial charge in [0.2, 0.25) is 5.95 Å². The monoisotopic (exact) mass is 375 g/mol. The first-order valence-corrected chi connectivity index (χ1v) is 9.98. The van der Waals surface area contributed by atoms with E-state index in [1.165, 1.54) is 25.7 Å². The minimum absolute atomic E-state index is 0.129. The molecule has 148 valence electrons. The maximum Gasteiger partial charge on any atom is 0.409 e. The third-order valence-corrected chi connectivity index (χ3v) is 5.15. The van der Waals surface area contributed by atoms with Gasteiger partial charge in [0, 0.05) is 38.4 Å². The lowest BCUT2D eigenvalue weighted by atomic mass is 10.1. The second-order valence-corrected chi connectivity index (χ2v) is 7.08. The van der Waals surface area contributed by atoms with Gasteiger partial charge < -0.3 is 19.9 Å². The van der Waals surface area contributed by atoms with Gasteiger partial charge in [-0.1, -0.05) is 25.7 Å². The summed E-state index contributed by atoms with van der Waals surface area (Å²) in [5.41, 5.74) is 0.400. The molecule has 1 saturated carbocycles. The highest BCUT2D eigenvalue weighted by molar-refractivity contribution is 5.92. The number of nitrogens with zero attached hydrogens (tertiary/aromatic N) is 4. The molecule has 1 saturated heterocycles. The largest absolute Gasteiger partial charge is 0.450 e. The van der Waals surface area contributed by atoms with Gasteiger partial charge in [0.15, 0.2) is 0 Å². The van der Waals surface area contributed by atoms with Crippen LogP contribution in [0.1, 0.15) is 55.9 Å². The number of carbonyl (C=O) groups excluding carboxylic acids is 2. The van der Waals surface area contributed by atoms with Crippen LogP contribution in [0.4, 0.5) is 10.7 Å². The fourth-order valence-corrected chi connectivity index (χ4v) is 3.61. The van der Waals surface area contributed by atoms with Crippen LogP contribution in [0.25, 0.3) is 0 Å². The van der Waals surface area contributed by atoms with E-state index in [4.69, 9.17) is 4.74 Å². The molecule has 8 heteroatoms. The van der Waals surface area contributed by atoms with Crippen LogP contribution in [0.15, 0.2) is 12.3 Å².